The van der Waals surface area contributed by atoms with Crippen LogP contribution in [-0.4, -0.2) is 39.8 Å². The zero-order valence-electron chi connectivity index (χ0n) is 13.8. The lowest BCUT2D eigenvalue weighted by molar-refractivity contribution is 0.102. The Morgan fingerprint density at radius 3 is 2.20 bits per heavy atom. The van der Waals surface area contributed by atoms with Gasteiger partial charge in [0.25, 0.3) is 5.91 Å². The van der Waals surface area contributed by atoms with Crippen molar-refractivity contribution in [3.63, 3.8) is 0 Å². The van der Waals surface area contributed by atoms with E-state index in [2.05, 4.69) is 5.32 Å². The maximum absolute atomic E-state index is 13.1. The quantitative estimate of drug-likeness (QED) is 0.860. The summed E-state index contributed by atoms with van der Waals surface area (Å²) in [5.74, 6) is -0.999. The Morgan fingerprint density at radius 2 is 1.68 bits per heavy atom. The molecule has 1 amide bonds. The zero-order chi connectivity index (χ0) is 18.8. The highest BCUT2D eigenvalue weighted by Crippen LogP contribution is 2.21. The van der Waals surface area contributed by atoms with Crippen LogP contribution in [-0.2, 0) is 10.2 Å². The number of carbonyl (C=O) groups is 1. The molecule has 0 bridgehead atoms. The second kappa shape index (κ2) is 7.38. The van der Waals surface area contributed by atoms with Gasteiger partial charge in [-0.15, -0.1) is 0 Å². The molecule has 9 heteroatoms. The SMILES string of the molecule is CN(C)S(=O)(=O)N(C)c1ccc(C(=O)Nc2ccc(F)c(Cl)c2)cc1. The van der Waals surface area contributed by atoms with Gasteiger partial charge in [-0.05, 0) is 42.5 Å². The number of nitrogens with zero attached hydrogens (tertiary/aromatic N) is 2. The van der Waals surface area contributed by atoms with Gasteiger partial charge in [-0.25, -0.2) is 4.39 Å². The third-order valence-corrected chi connectivity index (χ3v) is 5.59. The minimum Gasteiger partial charge on any atom is -0.322 e. The van der Waals surface area contributed by atoms with E-state index in [4.69, 9.17) is 11.6 Å². The van der Waals surface area contributed by atoms with Crippen molar-refractivity contribution in [2.75, 3.05) is 30.8 Å². The Labute approximate surface area is 151 Å². The van der Waals surface area contributed by atoms with Gasteiger partial charge >= 0.3 is 10.2 Å². The fourth-order valence-electron chi connectivity index (χ4n) is 1.98. The molecular weight excluding hydrogens is 369 g/mol. The zero-order valence-corrected chi connectivity index (χ0v) is 15.4. The minimum absolute atomic E-state index is 0.0938. The molecule has 0 aliphatic heterocycles. The van der Waals surface area contributed by atoms with Crippen molar-refractivity contribution < 1.29 is 17.6 Å². The van der Waals surface area contributed by atoms with Crippen molar-refractivity contribution in [2.24, 2.45) is 0 Å². The van der Waals surface area contributed by atoms with E-state index in [0.29, 0.717) is 16.9 Å². The summed E-state index contributed by atoms with van der Waals surface area (Å²) in [6, 6.07) is 9.89. The van der Waals surface area contributed by atoms with Gasteiger partial charge in [-0.3, -0.25) is 9.10 Å². The number of hydrogen-bond donors (Lipinski definition) is 1. The summed E-state index contributed by atoms with van der Waals surface area (Å²) in [5.41, 5.74) is 1.09. The van der Waals surface area contributed by atoms with Crippen molar-refractivity contribution in [1.29, 1.82) is 0 Å². The Hall–Kier alpha value is -2.16. The van der Waals surface area contributed by atoms with Crippen molar-refractivity contribution in [3.8, 4) is 0 Å². The first-order chi connectivity index (χ1) is 11.6. The van der Waals surface area contributed by atoms with Gasteiger partial charge in [0.05, 0.1) is 10.7 Å². The predicted octanol–water partition coefficient (Wildman–Crippen LogP) is 2.97. The van der Waals surface area contributed by atoms with E-state index < -0.39 is 21.9 Å². The number of hydrogen-bond acceptors (Lipinski definition) is 3. The van der Waals surface area contributed by atoms with Crippen molar-refractivity contribution in [2.45, 2.75) is 0 Å². The molecule has 2 aromatic rings. The molecule has 2 aromatic carbocycles. The number of halogens is 2. The van der Waals surface area contributed by atoms with Crippen molar-refractivity contribution in [1.82, 2.24) is 4.31 Å². The summed E-state index contributed by atoms with van der Waals surface area (Å²) in [4.78, 5) is 12.2. The molecule has 1 N–H and O–H groups in total. The number of amides is 1. The van der Waals surface area contributed by atoms with Gasteiger partial charge in [0, 0.05) is 32.4 Å². The first kappa shape index (κ1) is 19.2. The van der Waals surface area contributed by atoms with E-state index in [1.165, 1.54) is 57.5 Å². The van der Waals surface area contributed by atoms with Crippen LogP contribution in [0.1, 0.15) is 10.4 Å². The molecule has 6 nitrogen and oxygen atoms in total. The van der Waals surface area contributed by atoms with Crippen LogP contribution >= 0.6 is 11.6 Å². The van der Waals surface area contributed by atoms with Gasteiger partial charge in [0.2, 0.25) is 0 Å². The molecule has 25 heavy (non-hydrogen) atoms. The molecule has 0 saturated heterocycles. The molecule has 0 radical (unpaired) electrons. The fourth-order valence-corrected chi connectivity index (χ4v) is 3.04. The molecule has 0 aliphatic rings. The summed E-state index contributed by atoms with van der Waals surface area (Å²) >= 11 is 5.67. The molecule has 0 heterocycles. The van der Waals surface area contributed by atoms with Crippen LogP contribution in [0.3, 0.4) is 0 Å². The lowest BCUT2D eigenvalue weighted by Gasteiger charge is -2.23. The number of anilines is 2. The van der Waals surface area contributed by atoms with E-state index in [-0.39, 0.29) is 5.02 Å². The molecule has 134 valence electrons. The number of nitrogens with one attached hydrogen (secondary N) is 1. The second-order valence-corrected chi connectivity index (χ2v) is 7.97. The molecule has 0 aliphatic carbocycles. The Bertz CT molecular complexity index is 886. The average molecular weight is 386 g/mol. The van der Waals surface area contributed by atoms with E-state index in [1.54, 1.807) is 0 Å². The highest BCUT2D eigenvalue weighted by molar-refractivity contribution is 7.90. The molecule has 0 saturated carbocycles. The number of benzene rings is 2. The largest absolute Gasteiger partial charge is 0.322 e. The lowest BCUT2D eigenvalue weighted by atomic mass is 10.2. The van der Waals surface area contributed by atoms with Crippen LogP contribution in [0, 0.1) is 5.82 Å². The summed E-state index contributed by atoms with van der Waals surface area (Å²) in [6.45, 7) is 0. The molecule has 0 atom stereocenters. The Morgan fingerprint density at radius 1 is 1.08 bits per heavy atom. The molecular formula is C16H17ClFN3O3S. The van der Waals surface area contributed by atoms with Crippen LogP contribution in [0.5, 0.6) is 0 Å². The van der Waals surface area contributed by atoms with Crippen LogP contribution in [0.2, 0.25) is 5.02 Å². The van der Waals surface area contributed by atoms with Crippen LogP contribution in [0.25, 0.3) is 0 Å². The third kappa shape index (κ3) is 4.28. The maximum atomic E-state index is 13.1. The monoisotopic (exact) mass is 385 g/mol. The van der Waals surface area contributed by atoms with E-state index in [1.807, 2.05) is 0 Å². The minimum atomic E-state index is -3.60. The predicted molar refractivity (Wildman–Crippen MR) is 96.8 cm³/mol. The summed E-state index contributed by atoms with van der Waals surface area (Å²) in [6.07, 6.45) is 0. The van der Waals surface area contributed by atoms with Gasteiger partial charge in [0.15, 0.2) is 0 Å². The standard InChI is InChI=1S/C16H17ClFN3O3S/c1-20(2)25(23,24)21(3)13-7-4-11(5-8-13)16(22)19-12-6-9-15(18)14(17)10-12/h4-10H,1-3H3,(H,19,22). The average Bonchev–Trinajstić information content (AvgIpc) is 2.57. The van der Waals surface area contributed by atoms with Gasteiger partial charge in [-0.2, -0.15) is 12.7 Å². The van der Waals surface area contributed by atoms with Crippen LogP contribution in [0.15, 0.2) is 42.5 Å². The molecule has 2 rings (SSSR count). The smallest absolute Gasteiger partial charge is 0.303 e. The van der Waals surface area contributed by atoms with Crippen molar-refractivity contribution >= 4 is 39.1 Å². The van der Waals surface area contributed by atoms with Gasteiger partial charge < -0.3 is 5.32 Å². The number of carbonyl (C=O) groups excluding carboxylic acids is 1. The molecule has 0 fully saturated rings. The third-order valence-electron chi connectivity index (χ3n) is 3.48. The molecule has 0 spiro atoms. The second-order valence-electron chi connectivity index (χ2n) is 5.39. The molecule has 0 aromatic heterocycles. The summed E-state index contributed by atoms with van der Waals surface area (Å²) in [5, 5.41) is 2.50. The highest BCUT2D eigenvalue weighted by Gasteiger charge is 2.21. The Kier molecular flexibility index (Phi) is 5.66. The fraction of sp³-hybridized carbons (Fsp3) is 0.188. The first-order valence-corrected chi connectivity index (χ1v) is 8.93. The number of rotatable bonds is 5. The first-order valence-electron chi connectivity index (χ1n) is 7.16. The maximum Gasteiger partial charge on any atom is 0.303 e. The van der Waals surface area contributed by atoms with Gasteiger partial charge in [-0.1, -0.05) is 11.6 Å². The van der Waals surface area contributed by atoms with Crippen LogP contribution in [0.4, 0.5) is 15.8 Å². The van der Waals surface area contributed by atoms with E-state index in [0.717, 1.165) is 14.7 Å². The van der Waals surface area contributed by atoms with Crippen LogP contribution < -0.4 is 9.62 Å². The highest BCUT2D eigenvalue weighted by atomic mass is 35.5. The summed E-state index contributed by atoms with van der Waals surface area (Å²) < 4.78 is 39.5. The van der Waals surface area contributed by atoms with E-state index in [9.17, 15) is 17.6 Å². The Balaban J connectivity index is 2.16. The van der Waals surface area contributed by atoms with E-state index >= 15 is 0 Å². The van der Waals surface area contributed by atoms with Gasteiger partial charge in [0.1, 0.15) is 5.82 Å². The lowest BCUT2D eigenvalue weighted by Crippen LogP contribution is -2.37. The van der Waals surface area contributed by atoms with Crippen molar-refractivity contribution in [3.05, 3.63) is 58.9 Å². The molecule has 0 unspecified atom stereocenters. The topological polar surface area (TPSA) is 69.7 Å². The summed E-state index contributed by atoms with van der Waals surface area (Å²) in [7, 11) is 0.681. The normalized spacial score (nSPS) is 11.4.